The molecule has 0 fully saturated rings. The minimum Gasteiger partial charge on any atom is -0.458 e. The molecule has 0 bridgehead atoms. The summed E-state index contributed by atoms with van der Waals surface area (Å²) in [4.78, 5) is 119. The van der Waals surface area contributed by atoms with Crippen LogP contribution >= 0.6 is 0 Å². The molecule has 3 aliphatic heterocycles. The summed E-state index contributed by atoms with van der Waals surface area (Å²) in [6.07, 6.45) is 2.31. The zero-order valence-electron chi connectivity index (χ0n) is 40.8. The van der Waals surface area contributed by atoms with E-state index >= 15 is 0 Å². The number of benzene rings is 2. The third-order valence-corrected chi connectivity index (χ3v) is 12.4. The van der Waals surface area contributed by atoms with Gasteiger partial charge in [0, 0.05) is 47.6 Å². The molecule has 0 unspecified atom stereocenters. The SMILES string of the molecule is CC[C@@]1(O)C(=O)OCc2c1cc1n(c2=O)Cc2c-1nc1cc(F)c(N)cc1c2COCNC(=O)CNC(=O)[C@H](Cc1ccccc1)NC(=O)CNC(=O)CNC(=O)CCOCCOCCOCCN1C(=O)C=CC1=O. The van der Waals surface area contributed by atoms with Gasteiger partial charge >= 0.3 is 5.97 Å². The highest BCUT2D eigenvalue weighted by molar-refractivity contribution is 6.12. The number of cyclic esters (lactones) is 1. The van der Waals surface area contributed by atoms with Gasteiger partial charge in [-0.05, 0) is 29.7 Å². The van der Waals surface area contributed by atoms with Crippen LogP contribution < -0.4 is 37.9 Å². The summed E-state index contributed by atoms with van der Waals surface area (Å²) >= 11 is 0. The summed E-state index contributed by atoms with van der Waals surface area (Å²) in [5.74, 6) is -5.63. The van der Waals surface area contributed by atoms with Gasteiger partial charge in [-0.1, -0.05) is 37.3 Å². The van der Waals surface area contributed by atoms with Gasteiger partial charge in [-0.3, -0.25) is 43.3 Å². The predicted octanol–water partition coefficient (Wildman–Crippen LogP) is -1.17. The fraction of sp³-hybridized carbons (Fsp3) is 0.400. The van der Waals surface area contributed by atoms with Crippen LogP contribution in [0.5, 0.6) is 0 Å². The lowest BCUT2D eigenvalue weighted by molar-refractivity contribution is -0.172. The van der Waals surface area contributed by atoms with Gasteiger partial charge in [0.15, 0.2) is 5.60 Å². The van der Waals surface area contributed by atoms with Gasteiger partial charge in [0.05, 0.1) is 107 Å². The van der Waals surface area contributed by atoms with Crippen LogP contribution in [0.15, 0.2) is 65.5 Å². The van der Waals surface area contributed by atoms with Gasteiger partial charge < -0.3 is 65.7 Å². The van der Waals surface area contributed by atoms with E-state index in [9.17, 15) is 52.6 Å². The van der Waals surface area contributed by atoms with Gasteiger partial charge in [-0.25, -0.2) is 14.2 Å². The Morgan fingerprint density at radius 2 is 1.47 bits per heavy atom. The lowest BCUT2D eigenvalue weighted by Gasteiger charge is -2.31. The number of hydrogen-bond donors (Lipinski definition) is 7. The van der Waals surface area contributed by atoms with Crippen LogP contribution in [0.2, 0.25) is 0 Å². The van der Waals surface area contributed by atoms with Crippen molar-refractivity contribution < 1.29 is 71.5 Å². The average Bonchev–Trinajstić information content (AvgIpc) is 3.95. The van der Waals surface area contributed by atoms with Gasteiger partial charge in [0.2, 0.25) is 29.5 Å². The van der Waals surface area contributed by atoms with Crippen molar-refractivity contribution in [1.29, 1.82) is 0 Å². The molecule has 0 saturated carbocycles. The van der Waals surface area contributed by atoms with Crippen molar-refractivity contribution in [2.75, 3.05) is 78.3 Å². The molecule has 3 aliphatic rings. The number of ether oxygens (including phenoxy) is 5. The molecule has 0 saturated heterocycles. The number of aromatic nitrogens is 2. The number of nitrogens with zero attached hydrogens (tertiary/aromatic N) is 3. The summed E-state index contributed by atoms with van der Waals surface area (Å²) in [6, 6.07) is 11.6. The third kappa shape index (κ3) is 13.6. The molecular formula is C50H56FN9O15. The number of aliphatic hydroxyl groups is 1. The minimum atomic E-state index is -2.06. The van der Waals surface area contributed by atoms with E-state index in [1.54, 1.807) is 37.3 Å². The molecule has 2 aromatic carbocycles. The standard InChI is InChI=1S/C50H56FN9O15/c1-2-50(70)34-20-39-46-31(25-60(39)48(68)33(34)27-75-49(50)69)32(30-19-36(52)35(51)21-37(30)58-46)26-74-28-56-42(63)23-55-47(67)38(18-29-6-4-3-5-7-29)57-43(64)24-54-41(62)22-53-40(61)10-12-71-14-16-73-17-15-72-13-11-59-44(65)8-9-45(59)66/h3-9,19-21,38,70H,2,10-18,22-28,52H2,1H3,(H,53,61)(H,54,62)(H,55,67)(H,56,63)(H,57,64)/t38-,50-/m0/s1. The highest BCUT2D eigenvalue weighted by atomic mass is 19.1. The number of nitrogens with two attached hydrogens (primary N) is 1. The Morgan fingerprint density at radius 3 is 2.19 bits per heavy atom. The summed E-state index contributed by atoms with van der Waals surface area (Å²) in [6.45, 7) is 0.490. The Bertz CT molecular complexity index is 2930. The third-order valence-electron chi connectivity index (χ3n) is 12.4. The minimum absolute atomic E-state index is 0.00536. The Labute approximate surface area is 427 Å². The highest BCUT2D eigenvalue weighted by Crippen LogP contribution is 2.41. The number of carbonyl (C=O) groups is 8. The Balaban J connectivity index is 0.830. The first-order chi connectivity index (χ1) is 36.1. The zero-order valence-corrected chi connectivity index (χ0v) is 40.8. The molecular weight excluding hydrogens is 986 g/mol. The molecule has 5 heterocycles. The molecule has 4 aromatic rings. The first-order valence-electron chi connectivity index (χ1n) is 23.9. The van der Waals surface area contributed by atoms with Crippen LogP contribution in [0.4, 0.5) is 10.1 Å². The van der Waals surface area contributed by atoms with E-state index in [2.05, 4.69) is 31.6 Å². The summed E-state index contributed by atoms with van der Waals surface area (Å²) in [7, 11) is 0. The molecule has 7 rings (SSSR count). The number of carbonyl (C=O) groups excluding carboxylic acids is 8. The number of imide groups is 1. The quantitative estimate of drug-likeness (QED) is 0.0107. The largest absolute Gasteiger partial charge is 0.458 e. The van der Waals surface area contributed by atoms with Gasteiger partial charge in [0.25, 0.3) is 17.4 Å². The van der Waals surface area contributed by atoms with Crippen molar-refractivity contribution >= 4 is 63.9 Å². The van der Waals surface area contributed by atoms with E-state index in [1.807, 2.05) is 0 Å². The highest BCUT2D eigenvalue weighted by Gasteiger charge is 2.45. The van der Waals surface area contributed by atoms with Crippen molar-refractivity contribution in [3.8, 4) is 11.4 Å². The van der Waals surface area contributed by atoms with Crippen LogP contribution in [-0.4, -0.2) is 145 Å². The number of fused-ring (bicyclic) bond motifs is 5. The van der Waals surface area contributed by atoms with Crippen molar-refractivity contribution in [1.82, 2.24) is 41.0 Å². The second-order valence-corrected chi connectivity index (χ2v) is 17.3. The average molecular weight is 1040 g/mol. The smallest absolute Gasteiger partial charge is 0.343 e. The number of pyridine rings is 2. The Kier molecular flexibility index (Phi) is 18.5. The lowest BCUT2D eigenvalue weighted by Crippen LogP contribution is -2.52. The Morgan fingerprint density at radius 1 is 0.813 bits per heavy atom. The maximum atomic E-state index is 14.8. The molecule has 24 nitrogen and oxygen atoms in total. The number of anilines is 1. The molecule has 75 heavy (non-hydrogen) atoms. The van der Waals surface area contributed by atoms with E-state index in [1.165, 1.54) is 28.9 Å². The number of rotatable bonds is 27. The maximum Gasteiger partial charge on any atom is 0.343 e. The van der Waals surface area contributed by atoms with Gasteiger partial charge in [0.1, 0.15) is 25.2 Å². The lowest BCUT2D eigenvalue weighted by atomic mass is 9.86. The number of amides is 7. The number of nitrogen functional groups attached to an aromatic ring is 1. The van der Waals surface area contributed by atoms with Crippen LogP contribution in [0.3, 0.4) is 0 Å². The first kappa shape index (κ1) is 54.8. The van der Waals surface area contributed by atoms with Crippen LogP contribution in [-0.2, 0) is 93.8 Å². The summed E-state index contributed by atoms with van der Waals surface area (Å²) < 4.78 is 43.4. The van der Waals surface area contributed by atoms with E-state index in [4.69, 9.17) is 29.4 Å². The summed E-state index contributed by atoms with van der Waals surface area (Å²) in [5.41, 5.74) is 5.90. The zero-order chi connectivity index (χ0) is 53.6. The summed E-state index contributed by atoms with van der Waals surface area (Å²) in [5, 5.41) is 24.1. The van der Waals surface area contributed by atoms with E-state index in [0.29, 0.717) is 27.8 Å². The van der Waals surface area contributed by atoms with Crippen LogP contribution in [0, 0.1) is 5.82 Å². The van der Waals surface area contributed by atoms with Crippen LogP contribution in [0.1, 0.15) is 47.6 Å². The molecule has 8 N–H and O–H groups in total. The van der Waals surface area contributed by atoms with Crippen molar-refractivity contribution in [2.45, 2.75) is 57.6 Å². The first-order valence-corrected chi connectivity index (χ1v) is 23.9. The monoisotopic (exact) mass is 1040 g/mol. The second kappa shape index (κ2) is 25.3. The molecule has 398 valence electrons. The molecule has 2 atom stereocenters. The molecule has 0 aliphatic carbocycles. The number of hydrogen-bond acceptors (Lipinski definition) is 17. The van der Waals surface area contributed by atoms with E-state index < -0.39 is 78.2 Å². The molecule has 7 amide bonds. The van der Waals surface area contributed by atoms with E-state index in [0.717, 1.165) is 11.0 Å². The van der Waals surface area contributed by atoms with Crippen molar-refractivity contribution in [2.24, 2.45) is 0 Å². The number of halogens is 1. The molecule has 0 spiro atoms. The van der Waals surface area contributed by atoms with Crippen LogP contribution in [0.25, 0.3) is 22.3 Å². The molecule has 2 aromatic heterocycles. The number of esters is 1. The molecule has 25 heteroatoms. The number of nitrogens with one attached hydrogen (secondary N) is 5. The fourth-order valence-corrected chi connectivity index (χ4v) is 8.33. The van der Waals surface area contributed by atoms with E-state index in [-0.39, 0.29) is 132 Å². The predicted molar refractivity (Wildman–Crippen MR) is 261 cm³/mol. The van der Waals surface area contributed by atoms with Crippen molar-refractivity contribution in [3.63, 3.8) is 0 Å². The Hall–Kier alpha value is -7.97. The normalized spacial score (nSPS) is 15.7. The maximum absolute atomic E-state index is 14.8. The van der Waals surface area contributed by atoms with Crippen molar-refractivity contribution in [3.05, 3.63) is 105 Å². The second-order valence-electron chi connectivity index (χ2n) is 17.3. The fourth-order valence-electron chi connectivity index (χ4n) is 8.33. The molecule has 0 radical (unpaired) electrons. The van der Waals surface area contributed by atoms with Gasteiger partial charge in [-0.2, -0.15) is 0 Å². The topological polar surface area (TPSA) is 327 Å². The van der Waals surface area contributed by atoms with Gasteiger partial charge in [-0.15, -0.1) is 0 Å².